The molecule has 0 amide bonds. The van der Waals surface area contributed by atoms with Crippen molar-refractivity contribution < 1.29 is 24.2 Å². The van der Waals surface area contributed by atoms with Crippen LogP contribution in [0, 0.1) is 3.57 Å². The Morgan fingerprint density at radius 1 is 0.857 bits per heavy atom. The minimum atomic E-state index is -0.932. The predicted octanol–water partition coefficient (Wildman–Crippen LogP) is 9.17. The molecule has 190 valence electrons. The second kappa shape index (κ2) is 18.0. The number of hydrogen-bond acceptors (Lipinski definition) is 6. The van der Waals surface area contributed by atoms with E-state index in [2.05, 4.69) is 28.7 Å². The van der Waals surface area contributed by atoms with Crippen molar-refractivity contribution in [2.75, 3.05) is 6.61 Å². The lowest BCUT2D eigenvalue weighted by Gasteiger charge is -1.95. The van der Waals surface area contributed by atoms with E-state index in [-0.39, 0.29) is 5.97 Å². The summed E-state index contributed by atoms with van der Waals surface area (Å²) in [5.74, 6) is -1.16. The number of esters is 1. The van der Waals surface area contributed by atoms with Crippen molar-refractivity contribution in [2.45, 2.75) is 48.5 Å². The minimum absolute atomic E-state index is 0.228. The number of carboxylic acids is 1. The van der Waals surface area contributed by atoms with Crippen LogP contribution in [0.3, 0.4) is 0 Å². The largest absolute Gasteiger partial charge is 0.477 e. The first-order valence-corrected chi connectivity index (χ1v) is 14.2. The molecule has 5 nitrogen and oxygen atoms in total. The Labute approximate surface area is 229 Å². The van der Waals surface area contributed by atoms with Gasteiger partial charge in [-0.1, -0.05) is 47.6 Å². The van der Waals surface area contributed by atoms with Gasteiger partial charge in [-0.3, -0.25) is 4.79 Å². The first-order chi connectivity index (χ1) is 16.9. The third-order valence-corrected chi connectivity index (χ3v) is 6.71. The molecule has 0 aliphatic heterocycles. The first kappa shape index (κ1) is 32.7. The Bertz CT molecular complexity index is 1210. The number of aromatic carboxylic acids is 1. The molecular weight excluding hydrogens is 595 g/mol. The molecule has 2 aromatic heterocycles. The van der Waals surface area contributed by atoms with E-state index in [4.69, 9.17) is 9.84 Å². The normalized spacial score (nSPS) is 9.14. The molecule has 0 unspecified atom stereocenters. The van der Waals surface area contributed by atoms with Crippen LogP contribution in [0.4, 0.5) is 0 Å². The van der Waals surface area contributed by atoms with E-state index in [0.717, 1.165) is 26.5 Å². The van der Waals surface area contributed by atoms with Gasteiger partial charge < -0.3 is 9.84 Å². The average Bonchev–Trinajstić information content (AvgIpc) is 3.52. The third-order valence-electron chi connectivity index (χ3n) is 3.84. The molecule has 0 saturated heterocycles. The van der Waals surface area contributed by atoms with Crippen LogP contribution >= 0.6 is 45.3 Å². The van der Waals surface area contributed by atoms with E-state index in [9.17, 15) is 14.4 Å². The van der Waals surface area contributed by atoms with Crippen LogP contribution in [-0.2, 0) is 4.74 Å². The molecule has 0 atom stereocenters. The number of halogens is 1. The number of carbonyl (C=O) groups is 3. The standard InChI is InChI=1S/C11H9IO2S.C10H6O3S.3C2H6/c1-2-14-11(13)10-6-7-5-8(12)3-4-9(7)15-10;11-5-6-1-2-8-7(3-6)4-9(14-8)10(12)13;3*1-2/h3-6H,2H2,1H3;1-5H,(H,12,13);3*1-2H3. The maximum atomic E-state index is 11.5. The predicted molar refractivity (Wildman–Crippen MR) is 159 cm³/mol. The highest BCUT2D eigenvalue weighted by Gasteiger charge is 2.11. The van der Waals surface area contributed by atoms with Gasteiger partial charge in [0.1, 0.15) is 16.0 Å². The van der Waals surface area contributed by atoms with Gasteiger partial charge >= 0.3 is 11.9 Å². The van der Waals surface area contributed by atoms with Crippen LogP contribution in [0.15, 0.2) is 48.5 Å². The lowest BCUT2D eigenvalue weighted by molar-refractivity contribution is 0.0531. The summed E-state index contributed by atoms with van der Waals surface area (Å²) in [6.07, 6.45) is 0.748. The van der Waals surface area contributed by atoms with Gasteiger partial charge in [0.25, 0.3) is 0 Å². The van der Waals surface area contributed by atoms with Crippen LogP contribution in [-0.4, -0.2) is 29.9 Å². The fourth-order valence-corrected chi connectivity index (χ4v) is 4.89. The van der Waals surface area contributed by atoms with Crippen LogP contribution < -0.4 is 0 Å². The monoisotopic (exact) mass is 628 g/mol. The number of ether oxygens (including phenoxy) is 1. The Kier molecular flexibility index (Phi) is 16.9. The number of benzene rings is 2. The Morgan fingerprint density at radius 2 is 1.37 bits per heavy atom. The van der Waals surface area contributed by atoms with E-state index in [1.807, 2.05) is 66.7 Å². The SMILES string of the molecule is CC.CC.CC.CCOC(=O)c1cc2cc(I)ccc2s1.O=Cc1ccc2sc(C(=O)O)cc2c1. The fourth-order valence-electron chi connectivity index (χ4n) is 2.56. The van der Waals surface area contributed by atoms with Crippen LogP contribution in [0.1, 0.15) is 78.2 Å². The molecule has 4 rings (SSSR count). The van der Waals surface area contributed by atoms with E-state index in [1.54, 1.807) is 24.3 Å². The Hall–Kier alpha value is -2.30. The number of rotatable bonds is 4. The second-order valence-electron chi connectivity index (χ2n) is 5.84. The molecule has 35 heavy (non-hydrogen) atoms. The summed E-state index contributed by atoms with van der Waals surface area (Å²) < 4.78 is 8.14. The number of aldehydes is 1. The third kappa shape index (κ3) is 10.1. The van der Waals surface area contributed by atoms with Crippen LogP contribution in [0.2, 0.25) is 0 Å². The van der Waals surface area contributed by atoms with Gasteiger partial charge in [0, 0.05) is 18.5 Å². The smallest absolute Gasteiger partial charge is 0.348 e. The van der Waals surface area contributed by atoms with Crippen LogP contribution in [0.5, 0.6) is 0 Å². The van der Waals surface area contributed by atoms with Crippen molar-refractivity contribution in [2.24, 2.45) is 0 Å². The van der Waals surface area contributed by atoms with Crippen molar-refractivity contribution >= 4 is 83.7 Å². The molecule has 2 aromatic carbocycles. The highest BCUT2D eigenvalue weighted by atomic mass is 127. The summed E-state index contributed by atoms with van der Waals surface area (Å²) in [7, 11) is 0. The summed E-state index contributed by atoms with van der Waals surface area (Å²) >= 11 is 4.94. The Morgan fingerprint density at radius 3 is 1.91 bits per heavy atom. The number of carboxylic acid groups (broad SMARTS) is 1. The van der Waals surface area contributed by atoms with E-state index >= 15 is 0 Å². The fraction of sp³-hybridized carbons (Fsp3) is 0.296. The van der Waals surface area contributed by atoms with E-state index in [0.29, 0.717) is 21.9 Å². The van der Waals surface area contributed by atoms with Gasteiger partial charge in [-0.25, -0.2) is 9.59 Å². The zero-order valence-electron chi connectivity index (χ0n) is 21.2. The molecule has 0 fully saturated rings. The van der Waals surface area contributed by atoms with Crippen molar-refractivity contribution in [1.29, 1.82) is 0 Å². The van der Waals surface area contributed by atoms with Gasteiger partial charge in [0.2, 0.25) is 0 Å². The Balaban J connectivity index is 0.000000546. The van der Waals surface area contributed by atoms with Crippen molar-refractivity contribution in [3.8, 4) is 0 Å². The van der Waals surface area contributed by atoms with E-state index in [1.165, 1.54) is 26.2 Å². The summed E-state index contributed by atoms with van der Waals surface area (Å²) in [6, 6.07) is 14.7. The summed E-state index contributed by atoms with van der Waals surface area (Å²) in [5.41, 5.74) is 0.562. The van der Waals surface area contributed by atoms with Gasteiger partial charge in [0.05, 0.1) is 6.61 Å². The minimum Gasteiger partial charge on any atom is -0.477 e. The molecule has 0 bridgehead atoms. The van der Waals surface area contributed by atoms with Crippen molar-refractivity contribution in [1.82, 2.24) is 0 Å². The molecule has 0 aliphatic carbocycles. The van der Waals surface area contributed by atoms with Crippen LogP contribution in [0.25, 0.3) is 20.2 Å². The van der Waals surface area contributed by atoms with Gasteiger partial charge in [-0.2, -0.15) is 0 Å². The zero-order valence-corrected chi connectivity index (χ0v) is 25.0. The highest BCUT2D eigenvalue weighted by molar-refractivity contribution is 14.1. The number of thiophene rings is 2. The molecular formula is C27H33IO5S2. The topological polar surface area (TPSA) is 80.7 Å². The molecule has 0 radical (unpaired) electrons. The second-order valence-corrected chi connectivity index (χ2v) is 9.26. The molecule has 0 aliphatic rings. The molecule has 0 saturated carbocycles. The van der Waals surface area contributed by atoms with Crippen molar-refractivity contribution in [3.05, 3.63) is 67.4 Å². The van der Waals surface area contributed by atoms with Gasteiger partial charge in [0.15, 0.2) is 0 Å². The maximum Gasteiger partial charge on any atom is 0.348 e. The highest BCUT2D eigenvalue weighted by Crippen LogP contribution is 2.28. The average molecular weight is 629 g/mol. The van der Waals surface area contributed by atoms with Crippen molar-refractivity contribution in [3.63, 3.8) is 0 Å². The molecule has 8 heteroatoms. The zero-order chi connectivity index (χ0) is 27.0. The van der Waals surface area contributed by atoms with Gasteiger partial charge in [-0.15, -0.1) is 22.7 Å². The lowest BCUT2D eigenvalue weighted by Crippen LogP contribution is -2.01. The summed E-state index contributed by atoms with van der Waals surface area (Å²) in [6.45, 7) is 14.2. The quantitative estimate of drug-likeness (QED) is 0.139. The summed E-state index contributed by atoms with van der Waals surface area (Å²) in [4.78, 5) is 33.6. The molecule has 1 N–H and O–H groups in total. The van der Waals surface area contributed by atoms with Gasteiger partial charge in [-0.05, 0) is 82.8 Å². The first-order valence-electron chi connectivity index (χ1n) is 11.5. The van der Waals surface area contributed by atoms with E-state index < -0.39 is 5.97 Å². The summed E-state index contributed by atoms with van der Waals surface area (Å²) in [5, 5.41) is 10.7. The maximum absolute atomic E-state index is 11.5. The number of hydrogen-bond donors (Lipinski definition) is 1. The number of fused-ring (bicyclic) bond motifs is 2. The molecule has 0 spiro atoms. The lowest BCUT2D eigenvalue weighted by atomic mass is 10.2. The molecule has 4 aromatic rings. The molecule has 2 heterocycles. The number of carbonyl (C=O) groups excluding carboxylic acids is 2.